The lowest BCUT2D eigenvalue weighted by Crippen LogP contribution is -2.16. The highest BCUT2D eigenvalue weighted by molar-refractivity contribution is 6.49. The smallest absolute Gasteiger partial charge is 0.233 e. The standard InChI is InChI=1S/C26H34O2.H3N/c1-2-3-4-5-6-7-8-9-10-12-17-22-18-15-16-21-24(22)26(28)25(27)23-19-13-11-14-20-23;/h11,13-16,18-21H,2-10,12,17H2,1H3;1H3. The van der Waals surface area contributed by atoms with Crippen LogP contribution in [0.5, 0.6) is 0 Å². The summed E-state index contributed by atoms with van der Waals surface area (Å²) in [6.07, 6.45) is 13.8. The van der Waals surface area contributed by atoms with Crippen molar-refractivity contribution in [3.63, 3.8) is 0 Å². The highest BCUT2D eigenvalue weighted by atomic mass is 16.2. The Hall–Kier alpha value is -2.26. The highest BCUT2D eigenvalue weighted by Crippen LogP contribution is 2.17. The molecule has 2 aromatic rings. The van der Waals surface area contributed by atoms with Crippen LogP contribution in [0, 0.1) is 0 Å². The van der Waals surface area contributed by atoms with Crippen molar-refractivity contribution in [1.29, 1.82) is 0 Å². The maximum absolute atomic E-state index is 12.7. The number of carbonyl (C=O) groups excluding carboxylic acids is 2. The quantitative estimate of drug-likeness (QED) is 0.206. The Kier molecular flexibility index (Phi) is 12.6. The highest BCUT2D eigenvalue weighted by Gasteiger charge is 2.20. The molecule has 158 valence electrons. The van der Waals surface area contributed by atoms with E-state index < -0.39 is 11.6 Å². The lowest BCUT2D eigenvalue weighted by molar-refractivity contribution is 0.0816. The van der Waals surface area contributed by atoms with Crippen molar-refractivity contribution in [3.8, 4) is 0 Å². The Morgan fingerprint density at radius 3 is 1.76 bits per heavy atom. The molecule has 0 aliphatic heterocycles. The summed E-state index contributed by atoms with van der Waals surface area (Å²) < 4.78 is 0. The summed E-state index contributed by atoms with van der Waals surface area (Å²) in [4.78, 5) is 25.2. The van der Waals surface area contributed by atoms with Gasteiger partial charge >= 0.3 is 0 Å². The van der Waals surface area contributed by atoms with E-state index in [1.807, 2.05) is 24.3 Å². The zero-order valence-corrected chi connectivity index (χ0v) is 18.0. The zero-order valence-electron chi connectivity index (χ0n) is 18.0. The van der Waals surface area contributed by atoms with Gasteiger partial charge in [0.2, 0.25) is 11.6 Å². The molecule has 0 amide bonds. The molecule has 0 saturated carbocycles. The molecule has 0 fully saturated rings. The van der Waals surface area contributed by atoms with E-state index in [1.165, 1.54) is 57.8 Å². The molecule has 3 nitrogen and oxygen atoms in total. The maximum atomic E-state index is 12.7. The van der Waals surface area contributed by atoms with E-state index in [0.29, 0.717) is 11.1 Å². The predicted octanol–water partition coefficient (Wildman–Crippen LogP) is 7.38. The number of rotatable bonds is 14. The summed E-state index contributed by atoms with van der Waals surface area (Å²) in [5, 5.41) is 0. The second-order valence-electron chi connectivity index (χ2n) is 7.61. The van der Waals surface area contributed by atoms with Crippen molar-refractivity contribution in [2.75, 3.05) is 0 Å². The second-order valence-corrected chi connectivity index (χ2v) is 7.61. The Balaban J connectivity index is 0.00000420. The van der Waals surface area contributed by atoms with Gasteiger partial charge in [0, 0.05) is 11.1 Å². The van der Waals surface area contributed by atoms with Gasteiger partial charge in [-0.1, -0.05) is 119 Å². The van der Waals surface area contributed by atoms with Gasteiger partial charge in [-0.3, -0.25) is 9.59 Å². The van der Waals surface area contributed by atoms with Gasteiger partial charge in [0.15, 0.2) is 0 Å². The fraction of sp³-hybridized carbons (Fsp3) is 0.462. The topological polar surface area (TPSA) is 69.1 Å². The Bertz CT molecular complexity index is 724. The van der Waals surface area contributed by atoms with E-state index in [-0.39, 0.29) is 6.15 Å². The third-order valence-electron chi connectivity index (χ3n) is 5.30. The third-order valence-corrected chi connectivity index (χ3v) is 5.30. The molecule has 2 aromatic carbocycles. The van der Waals surface area contributed by atoms with Crippen LogP contribution >= 0.6 is 0 Å². The predicted molar refractivity (Wildman–Crippen MR) is 122 cm³/mol. The second kappa shape index (κ2) is 14.7. The summed E-state index contributed by atoms with van der Waals surface area (Å²) >= 11 is 0. The molecule has 0 radical (unpaired) electrons. The van der Waals surface area contributed by atoms with Crippen LogP contribution in [-0.4, -0.2) is 11.6 Å². The number of carbonyl (C=O) groups is 2. The molecule has 29 heavy (non-hydrogen) atoms. The normalized spacial score (nSPS) is 10.4. The molecular weight excluding hydrogens is 358 g/mol. The van der Waals surface area contributed by atoms with E-state index >= 15 is 0 Å². The minimum atomic E-state index is -0.420. The fourth-order valence-electron chi connectivity index (χ4n) is 3.61. The van der Waals surface area contributed by atoms with Crippen molar-refractivity contribution in [2.24, 2.45) is 0 Å². The number of aryl methyl sites for hydroxylation is 1. The van der Waals surface area contributed by atoms with Crippen molar-refractivity contribution in [3.05, 3.63) is 71.3 Å². The van der Waals surface area contributed by atoms with Gasteiger partial charge in [-0.15, -0.1) is 0 Å². The van der Waals surface area contributed by atoms with Gasteiger partial charge in [0.05, 0.1) is 0 Å². The van der Waals surface area contributed by atoms with Gasteiger partial charge < -0.3 is 6.15 Å². The molecule has 0 spiro atoms. The molecule has 0 aliphatic rings. The summed E-state index contributed by atoms with van der Waals surface area (Å²) in [5.74, 6) is -0.815. The molecule has 0 heterocycles. The van der Waals surface area contributed by atoms with Crippen LogP contribution in [0.1, 0.15) is 97.4 Å². The van der Waals surface area contributed by atoms with E-state index in [4.69, 9.17) is 0 Å². The molecule has 0 bridgehead atoms. The molecule has 0 atom stereocenters. The number of ketones is 2. The Labute approximate surface area is 176 Å². The molecule has 0 saturated heterocycles. The van der Waals surface area contributed by atoms with E-state index in [1.54, 1.807) is 30.3 Å². The van der Waals surface area contributed by atoms with Crippen molar-refractivity contribution in [2.45, 2.75) is 77.6 Å². The van der Waals surface area contributed by atoms with Crippen molar-refractivity contribution < 1.29 is 9.59 Å². The van der Waals surface area contributed by atoms with Gasteiger partial charge in [-0.25, -0.2) is 0 Å². The van der Waals surface area contributed by atoms with Gasteiger partial charge in [-0.05, 0) is 18.4 Å². The molecule has 0 aromatic heterocycles. The summed E-state index contributed by atoms with van der Waals surface area (Å²) in [6, 6.07) is 16.4. The van der Waals surface area contributed by atoms with Gasteiger partial charge in [0.1, 0.15) is 0 Å². The minimum absolute atomic E-state index is 0. The van der Waals surface area contributed by atoms with E-state index in [0.717, 1.165) is 18.4 Å². The van der Waals surface area contributed by atoms with Crippen LogP contribution in [0.4, 0.5) is 0 Å². The number of hydrogen-bond donors (Lipinski definition) is 1. The molecular formula is C26H37NO2. The van der Waals surface area contributed by atoms with Crippen molar-refractivity contribution >= 4 is 11.6 Å². The first-order valence-corrected chi connectivity index (χ1v) is 11.0. The van der Waals surface area contributed by atoms with Crippen LogP contribution < -0.4 is 6.15 Å². The minimum Gasteiger partial charge on any atom is -0.344 e. The lowest BCUT2D eigenvalue weighted by atomic mass is 9.94. The summed E-state index contributed by atoms with van der Waals surface area (Å²) in [5.41, 5.74) is 2.02. The SMILES string of the molecule is CCCCCCCCCCCCc1ccccc1C(=O)C(=O)c1ccccc1.N. The number of hydrogen-bond acceptors (Lipinski definition) is 3. The van der Waals surface area contributed by atoms with Crippen LogP contribution in [0.25, 0.3) is 0 Å². The van der Waals surface area contributed by atoms with Gasteiger partial charge in [-0.2, -0.15) is 0 Å². The van der Waals surface area contributed by atoms with Crippen LogP contribution in [0.15, 0.2) is 54.6 Å². The molecule has 0 unspecified atom stereocenters. The number of Topliss-reactive ketones (excluding diaryl/α,β-unsaturated/α-hetero) is 2. The lowest BCUT2D eigenvalue weighted by Gasteiger charge is -2.08. The van der Waals surface area contributed by atoms with Gasteiger partial charge in [0.25, 0.3) is 0 Å². The fourth-order valence-corrected chi connectivity index (χ4v) is 3.61. The van der Waals surface area contributed by atoms with E-state index in [9.17, 15) is 9.59 Å². The Morgan fingerprint density at radius 2 is 1.14 bits per heavy atom. The first kappa shape index (κ1) is 24.8. The average molecular weight is 396 g/mol. The Morgan fingerprint density at radius 1 is 0.621 bits per heavy atom. The average Bonchev–Trinajstić information content (AvgIpc) is 2.75. The molecule has 2 rings (SSSR count). The molecule has 3 N–H and O–H groups in total. The van der Waals surface area contributed by atoms with Crippen LogP contribution in [0.2, 0.25) is 0 Å². The van der Waals surface area contributed by atoms with E-state index in [2.05, 4.69) is 6.92 Å². The summed E-state index contributed by atoms with van der Waals surface area (Å²) in [7, 11) is 0. The maximum Gasteiger partial charge on any atom is 0.233 e. The number of benzene rings is 2. The molecule has 3 heteroatoms. The molecule has 0 aliphatic carbocycles. The monoisotopic (exact) mass is 395 g/mol. The van der Waals surface area contributed by atoms with Crippen LogP contribution in [0.3, 0.4) is 0 Å². The third kappa shape index (κ3) is 8.74. The van der Waals surface area contributed by atoms with Crippen LogP contribution in [-0.2, 0) is 6.42 Å². The zero-order chi connectivity index (χ0) is 20.0. The first-order chi connectivity index (χ1) is 13.7. The largest absolute Gasteiger partial charge is 0.344 e. The first-order valence-electron chi connectivity index (χ1n) is 11.0. The number of unbranched alkanes of at least 4 members (excludes halogenated alkanes) is 9. The summed E-state index contributed by atoms with van der Waals surface area (Å²) in [6.45, 7) is 2.25. The van der Waals surface area contributed by atoms with Crippen molar-refractivity contribution in [1.82, 2.24) is 6.15 Å².